The van der Waals surface area contributed by atoms with Gasteiger partial charge in [0.05, 0.1) is 18.8 Å². The van der Waals surface area contributed by atoms with Gasteiger partial charge in [0.1, 0.15) is 6.61 Å². The van der Waals surface area contributed by atoms with Crippen LogP contribution in [-0.4, -0.2) is 53.6 Å². The lowest BCUT2D eigenvalue weighted by Crippen LogP contribution is -2.47. The van der Waals surface area contributed by atoms with Crippen LogP contribution in [0.25, 0.3) is 0 Å². The molecule has 1 fully saturated rings. The van der Waals surface area contributed by atoms with Crippen LogP contribution in [0.15, 0.2) is 24.3 Å². The predicted octanol–water partition coefficient (Wildman–Crippen LogP) is 0.612. The van der Waals surface area contributed by atoms with E-state index in [0.29, 0.717) is 0 Å². The molecule has 0 aliphatic carbocycles. The van der Waals surface area contributed by atoms with Gasteiger partial charge in [0, 0.05) is 25.2 Å². The lowest BCUT2D eigenvalue weighted by Gasteiger charge is -2.36. The highest BCUT2D eigenvalue weighted by Gasteiger charge is 2.24. The van der Waals surface area contributed by atoms with Gasteiger partial charge in [0.2, 0.25) is 0 Å². The van der Waals surface area contributed by atoms with E-state index in [0.717, 1.165) is 25.2 Å². The second-order valence-electron chi connectivity index (χ2n) is 5.10. The number of aliphatic hydroxyl groups is 2. The van der Waals surface area contributed by atoms with Gasteiger partial charge in [-0.25, -0.2) is 0 Å². The van der Waals surface area contributed by atoms with Crippen molar-refractivity contribution in [3.05, 3.63) is 35.4 Å². The summed E-state index contributed by atoms with van der Waals surface area (Å²) in [5, 5.41) is 17.9. The van der Waals surface area contributed by atoms with E-state index in [-0.39, 0.29) is 25.4 Å². The fraction of sp³-hybridized carbons (Fsp3) is 0.500. The third-order valence-electron chi connectivity index (χ3n) is 3.28. The molecule has 0 amide bonds. The highest BCUT2D eigenvalue weighted by molar-refractivity contribution is 5.36. The Bertz CT molecular complexity index is 475. The Kier molecular flexibility index (Phi) is 5.57. The maximum absolute atomic E-state index is 9.22. The fourth-order valence-electron chi connectivity index (χ4n) is 2.46. The lowest BCUT2D eigenvalue weighted by atomic mass is 10.1. The molecule has 2 N–H and O–H groups in total. The van der Waals surface area contributed by atoms with E-state index in [1.807, 2.05) is 19.1 Å². The first-order valence-corrected chi connectivity index (χ1v) is 6.88. The van der Waals surface area contributed by atoms with Gasteiger partial charge in [-0.3, -0.25) is 4.90 Å². The minimum Gasteiger partial charge on any atom is -0.394 e. The van der Waals surface area contributed by atoms with E-state index in [2.05, 4.69) is 28.9 Å². The fourth-order valence-corrected chi connectivity index (χ4v) is 2.46. The van der Waals surface area contributed by atoms with Crippen molar-refractivity contribution in [2.75, 3.05) is 26.3 Å². The Morgan fingerprint density at radius 2 is 2.00 bits per heavy atom. The minimum atomic E-state index is -0.115. The van der Waals surface area contributed by atoms with Crippen molar-refractivity contribution in [2.45, 2.75) is 25.7 Å². The topological polar surface area (TPSA) is 52.9 Å². The van der Waals surface area contributed by atoms with Crippen molar-refractivity contribution in [1.82, 2.24) is 4.90 Å². The average molecular weight is 275 g/mol. The van der Waals surface area contributed by atoms with Gasteiger partial charge in [-0.1, -0.05) is 24.0 Å². The highest BCUT2D eigenvalue weighted by Crippen LogP contribution is 2.14. The Balaban J connectivity index is 1.95. The molecule has 0 bridgehead atoms. The molecule has 1 aromatic rings. The summed E-state index contributed by atoms with van der Waals surface area (Å²) >= 11 is 0. The maximum Gasteiger partial charge on any atom is 0.104 e. The van der Waals surface area contributed by atoms with Crippen molar-refractivity contribution in [3.63, 3.8) is 0 Å². The van der Waals surface area contributed by atoms with Crippen molar-refractivity contribution >= 4 is 0 Å². The van der Waals surface area contributed by atoms with E-state index in [9.17, 15) is 5.11 Å². The summed E-state index contributed by atoms with van der Waals surface area (Å²) in [5.74, 6) is 5.52. The smallest absolute Gasteiger partial charge is 0.104 e. The van der Waals surface area contributed by atoms with Gasteiger partial charge >= 0.3 is 0 Å². The van der Waals surface area contributed by atoms with Gasteiger partial charge < -0.3 is 14.9 Å². The van der Waals surface area contributed by atoms with Crippen molar-refractivity contribution < 1.29 is 14.9 Å². The minimum absolute atomic E-state index is 0.0660. The third-order valence-corrected chi connectivity index (χ3v) is 3.28. The number of benzene rings is 1. The summed E-state index contributed by atoms with van der Waals surface area (Å²) in [6, 6.07) is 8.03. The first-order chi connectivity index (χ1) is 9.71. The second kappa shape index (κ2) is 7.41. The summed E-state index contributed by atoms with van der Waals surface area (Å²) < 4.78 is 5.63. The summed E-state index contributed by atoms with van der Waals surface area (Å²) in [6.07, 6.45) is 0.0593. The summed E-state index contributed by atoms with van der Waals surface area (Å²) in [6.45, 7) is 4.46. The maximum atomic E-state index is 9.22. The number of hydrogen-bond donors (Lipinski definition) is 2. The van der Waals surface area contributed by atoms with E-state index < -0.39 is 0 Å². The molecule has 4 nitrogen and oxygen atoms in total. The standard InChI is InChI=1S/C16H21NO3/c1-13-9-17(11-16(12-19)20-13)10-15-6-4-14(5-7-15)3-2-8-18/h4-7,13,16,18-19H,8-12H2,1H3. The molecule has 4 heteroatoms. The molecule has 1 saturated heterocycles. The first kappa shape index (κ1) is 15.0. The molecular formula is C16H21NO3. The van der Waals surface area contributed by atoms with E-state index in [1.165, 1.54) is 5.56 Å². The van der Waals surface area contributed by atoms with Crippen molar-refractivity contribution in [1.29, 1.82) is 0 Å². The molecule has 0 aromatic heterocycles. The number of rotatable bonds is 3. The zero-order valence-corrected chi connectivity index (χ0v) is 11.7. The van der Waals surface area contributed by atoms with Crippen LogP contribution in [-0.2, 0) is 11.3 Å². The van der Waals surface area contributed by atoms with Crippen LogP contribution in [0, 0.1) is 11.8 Å². The van der Waals surface area contributed by atoms with Gasteiger partial charge in [-0.05, 0) is 24.6 Å². The lowest BCUT2D eigenvalue weighted by molar-refractivity contribution is -0.0972. The summed E-state index contributed by atoms with van der Waals surface area (Å²) in [5.41, 5.74) is 2.12. The number of morpholine rings is 1. The van der Waals surface area contributed by atoms with E-state index in [4.69, 9.17) is 9.84 Å². The zero-order chi connectivity index (χ0) is 14.4. The Morgan fingerprint density at radius 3 is 2.65 bits per heavy atom. The highest BCUT2D eigenvalue weighted by atomic mass is 16.5. The van der Waals surface area contributed by atoms with Crippen LogP contribution in [0.4, 0.5) is 0 Å². The summed E-state index contributed by atoms with van der Waals surface area (Å²) in [7, 11) is 0. The largest absolute Gasteiger partial charge is 0.394 e. The molecule has 1 aliphatic heterocycles. The Labute approximate surface area is 120 Å². The predicted molar refractivity (Wildman–Crippen MR) is 77.1 cm³/mol. The Hall–Kier alpha value is -1.38. The molecule has 2 atom stereocenters. The molecule has 2 unspecified atom stereocenters. The average Bonchev–Trinajstić information content (AvgIpc) is 2.46. The first-order valence-electron chi connectivity index (χ1n) is 6.88. The quantitative estimate of drug-likeness (QED) is 0.794. The SMILES string of the molecule is CC1CN(Cc2ccc(C#CCO)cc2)CC(CO)O1. The van der Waals surface area contributed by atoms with Gasteiger partial charge in [-0.2, -0.15) is 0 Å². The van der Waals surface area contributed by atoms with E-state index in [1.54, 1.807) is 0 Å². The molecule has 0 saturated carbocycles. The molecular weight excluding hydrogens is 254 g/mol. The van der Waals surface area contributed by atoms with Crippen LogP contribution in [0.1, 0.15) is 18.1 Å². The van der Waals surface area contributed by atoms with Gasteiger partial charge in [-0.15, -0.1) is 0 Å². The molecule has 20 heavy (non-hydrogen) atoms. The molecule has 2 rings (SSSR count). The number of ether oxygens (including phenoxy) is 1. The monoisotopic (exact) mass is 275 g/mol. The molecule has 1 aliphatic rings. The number of hydrogen-bond acceptors (Lipinski definition) is 4. The zero-order valence-electron chi connectivity index (χ0n) is 11.7. The van der Waals surface area contributed by atoms with Crippen LogP contribution in [0.5, 0.6) is 0 Å². The van der Waals surface area contributed by atoms with Crippen LogP contribution < -0.4 is 0 Å². The second-order valence-corrected chi connectivity index (χ2v) is 5.10. The van der Waals surface area contributed by atoms with Crippen molar-refractivity contribution in [3.8, 4) is 11.8 Å². The molecule has 0 spiro atoms. The molecule has 108 valence electrons. The number of nitrogens with zero attached hydrogens (tertiary/aromatic N) is 1. The van der Waals surface area contributed by atoms with Crippen LogP contribution in [0.2, 0.25) is 0 Å². The Morgan fingerprint density at radius 1 is 1.25 bits per heavy atom. The van der Waals surface area contributed by atoms with E-state index >= 15 is 0 Å². The molecule has 1 aromatic carbocycles. The number of aliphatic hydroxyl groups excluding tert-OH is 2. The van der Waals surface area contributed by atoms with Crippen LogP contribution >= 0.6 is 0 Å². The van der Waals surface area contributed by atoms with Crippen molar-refractivity contribution in [2.24, 2.45) is 0 Å². The molecule has 0 radical (unpaired) electrons. The normalized spacial score (nSPS) is 23.1. The van der Waals surface area contributed by atoms with Gasteiger partial charge in [0.15, 0.2) is 0 Å². The molecule has 1 heterocycles. The third kappa shape index (κ3) is 4.32. The van der Waals surface area contributed by atoms with Crippen LogP contribution in [0.3, 0.4) is 0 Å². The van der Waals surface area contributed by atoms with Gasteiger partial charge in [0.25, 0.3) is 0 Å². The summed E-state index contributed by atoms with van der Waals surface area (Å²) in [4.78, 5) is 2.30.